The highest BCUT2D eigenvalue weighted by Crippen LogP contribution is 2.27. The number of carbonyl (C=O) groups excluding carboxylic acids is 2. The summed E-state index contributed by atoms with van der Waals surface area (Å²) in [6.07, 6.45) is 4.74. The van der Waals surface area contributed by atoms with Crippen LogP contribution in [0, 0.1) is 6.92 Å². The number of hydrogen-bond acceptors (Lipinski definition) is 3. The maximum absolute atomic E-state index is 12.9. The van der Waals surface area contributed by atoms with E-state index >= 15 is 0 Å². The summed E-state index contributed by atoms with van der Waals surface area (Å²) < 4.78 is 0. The van der Waals surface area contributed by atoms with Gasteiger partial charge in [-0.1, -0.05) is 12.1 Å². The number of rotatable bonds is 4. The van der Waals surface area contributed by atoms with Crippen molar-refractivity contribution >= 4 is 17.4 Å². The topological polar surface area (TPSA) is 65.2 Å². The quantitative estimate of drug-likeness (QED) is 0.883. The number of aryl methyl sites for hydroxylation is 2. The lowest BCUT2D eigenvalue weighted by Crippen LogP contribution is -2.20. The molecule has 26 heavy (non-hydrogen) atoms. The van der Waals surface area contributed by atoms with Gasteiger partial charge in [-0.3, -0.25) is 14.5 Å². The zero-order valence-electron chi connectivity index (χ0n) is 15.2. The monoisotopic (exact) mass is 351 g/mol. The number of aromatic nitrogens is 1. The lowest BCUT2D eigenvalue weighted by atomic mass is 9.93. The van der Waals surface area contributed by atoms with E-state index in [2.05, 4.69) is 21.3 Å². The molecule has 1 aliphatic carbocycles. The van der Waals surface area contributed by atoms with Crippen LogP contribution in [0.3, 0.4) is 0 Å². The van der Waals surface area contributed by atoms with Crippen LogP contribution in [0.2, 0.25) is 0 Å². The molecule has 0 atom stereocenters. The number of anilines is 1. The number of hydrogen-bond donors (Lipinski definition) is 2. The molecule has 1 aliphatic heterocycles. The first-order valence-corrected chi connectivity index (χ1v) is 9.49. The van der Waals surface area contributed by atoms with Gasteiger partial charge in [-0.2, -0.15) is 0 Å². The van der Waals surface area contributed by atoms with Gasteiger partial charge < -0.3 is 10.3 Å². The Bertz CT molecular complexity index is 847. The smallest absolute Gasteiger partial charge is 0.258 e. The van der Waals surface area contributed by atoms with Gasteiger partial charge in [-0.05, 0) is 63.4 Å². The van der Waals surface area contributed by atoms with Crippen molar-refractivity contribution in [3.63, 3.8) is 0 Å². The highest BCUT2D eigenvalue weighted by Gasteiger charge is 2.28. The van der Waals surface area contributed by atoms with Crippen LogP contribution in [0.1, 0.15) is 63.4 Å². The Hall–Kier alpha value is -2.40. The van der Waals surface area contributed by atoms with Gasteiger partial charge >= 0.3 is 0 Å². The summed E-state index contributed by atoms with van der Waals surface area (Å²) >= 11 is 0. The number of carbonyl (C=O) groups is 2. The Morgan fingerprint density at radius 3 is 2.81 bits per heavy atom. The molecule has 2 aromatic rings. The van der Waals surface area contributed by atoms with Gasteiger partial charge in [0, 0.05) is 30.0 Å². The van der Waals surface area contributed by atoms with E-state index < -0.39 is 0 Å². The SMILES string of the molecule is Cc1[nH]c2c(c1C(=O)Nc1cccc(CN3CCCC3)c1)C(=O)CCC2. The molecule has 1 aromatic carbocycles. The predicted molar refractivity (Wildman–Crippen MR) is 102 cm³/mol. The second kappa shape index (κ2) is 7.08. The van der Waals surface area contributed by atoms with Crippen molar-refractivity contribution < 1.29 is 9.59 Å². The Labute approximate surface area is 153 Å². The van der Waals surface area contributed by atoms with E-state index in [-0.39, 0.29) is 11.7 Å². The number of fused-ring (bicyclic) bond motifs is 1. The zero-order valence-corrected chi connectivity index (χ0v) is 15.2. The van der Waals surface area contributed by atoms with Crippen molar-refractivity contribution in [2.75, 3.05) is 18.4 Å². The van der Waals surface area contributed by atoms with Gasteiger partial charge in [-0.25, -0.2) is 0 Å². The fourth-order valence-corrected chi connectivity index (χ4v) is 4.16. The predicted octanol–water partition coefficient (Wildman–Crippen LogP) is 3.69. The molecule has 4 rings (SSSR count). The van der Waals surface area contributed by atoms with Crippen LogP contribution in [-0.2, 0) is 13.0 Å². The van der Waals surface area contributed by atoms with E-state index in [4.69, 9.17) is 0 Å². The number of Topliss-reactive ketones (excluding diaryl/α,β-unsaturated/α-hetero) is 1. The number of aromatic amines is 1. The lowest BCUT2D eigenvalue weighted by Gasteiger charge is -2.15. The third-order valence-corrected chi connectivity index (χ3v) is 5.39. The molecule has 1 saturated heterocycles. The minimum absolute atomic E-state index is 0.0727. The van der Waals surface area contributed by atoms with Crippen LogP contribution in [0.15, 0.2) is 24.3 Å². The normalized spacial score (nSPS) is 17.3. The summed E-state index contributed by atoms with van der Waals surface area (Å²) in [6, 6.07) is 8.01. The number of nitrogens with one attached hydrogen (secondary N) is 2. The summed E-state index contributed by atoms with van der Waals surface area (Å²) in [5.74, 6) is -0.128. The maximum atomic E-state index is 12.9. The molecule has 2 heterocycles. The van der Waals surface area contributed by atoms with Crippen molar-refractivity contribution in [1.29, 1.82) is 0 Å². The van der Waals surface area contributed by atoms with E-state index in [9.17, 15) is 9.59 Å². The summed E-state index contributed by atoms with van der Waals surface area (Å²) in [5.41, 5.74) is 4.77. The number of nitrogens with zero attached hydrogens (tertiary/aromatic N) is 1. The first-order chi connectivity index (χ1) is 12.6. The molecule has 5 heteroatoms. The molecule has 136 valence electrons. The third-order valence-electron chi connectivity index (χ3n) is 5.39. The highest BCUT2D eigenvalue weighted by molar-refractivity contribution is 6.14. The van der Waals surface area contributed by atoms with E-state index in [1.807, 2.05) is 25.1 Å². The third kappa shape index (κ3) is 3.31. The van der Waals surface area contributed by atoms with E-state index in [0.717, 1.165) is 49.6 Å². The minimum atomic E-state index is -0.200. The summed E-state index contributed by atoms with van der Waals surface area (Å²) in [6.45, 7) is 5.08. The Morgan fingerprint density at radius 1 is 1.19 bits per heavy atom. The van der Waals surface area contributed by atoms with Crippen LogP contribution in [0.5, 0.6) is 0 Å². The van der Waals surface area contributed by atoms with E-state index in [0.29, 0.717) is 17.5 Å². The number of H-pyrrole nitrogens is 1. The molecule has 0 unspecified atom stereocenters. The Morgan fingerprint density at radius 2 is 2.00 bits per heavy atom. The second-order valence-corrected chi connectivity index (χ2v) is 7.39. The van der Waals surface area contributed by atoms with Gasteiger partial charge in [0.05, 0.1) is 11.1 Å². The fraction of sp³-hybridized carbons (Fsp3) is 0.429. The van der Waals surface area contributed by atoms with Crippen LogP contribution in [-0.4, -0.2) is 34.7 Å². The molecule has 1 amide bonds. The Kier molecular flexibility index (Phi) is 4.64. The molecular formula is C21H25N3O2. The maximum Gasteiger partial charge on any atom is 0.258 e. The number of amides is 1. The minimum Gasteiger partial charge on any atom is -0.361 e. The molecule has 1 fully saturated rings. The Balaban J connectivity index is 1.54. The van der Waals surface area contributed by atoms with Crippen LogP contribution in [0.25, 0.3) is 0 Å². The van der Waals surface area contributed by atoms with Gasteiger partial charge in [0.1, 0.15) is 0 Å². The molecule has 5 nitrogen and oxygen atoms in total. The molecular weight excluding hydrogens is 326 g/mol. The van der Waals surface area contributed by atoms with Crippen molar-refractivity contribution in [3.05, 3.63) is 52.3 Å². The summed E-state index contributed by atoms with van der Waals surface area (Å²) in [7, 11) is 0. The molecule has 0 radical (unpaired) electrons. The van der Waals surface area contributed by atoms with Crippen molar-refractivity contribution in [2.24, 2.45) is 0 Å². The van der Waals surface area contributed by atoms with Gasteiger partial charge in [-0.15, -0.1) is 0 Å². The lowest BCUT2D eigenvalue weighted by molar-refractivity contribution is 0.0956. The molecule has 1 aromatic heterocycles. The fourth-order valence-electron chi connectivity index (χ4n) is 4.16. The molecule has 0 spiro atoms. The van der Waals surface area contributed by atoms with E-state index in [1.54, 1.807) is 0 Å². The average Bonchev–Trinajstić information content (AvgIpc) is 3.22. The van der Waals surface area contributed by atoms with Crippen molar-refractivity contribution in [3.8, 4) is 0 Å². The number of ketones is 1. The second-order valence-electron chi connectivity index (χ2n) is 7.39. The highest BCUT2D eigenvalue weighted by atomic mass is 16.2. The van der Waals surface area contributed by atoms with E-state index in [1.165, 1.54) is 18.4 Å². The summed E-state index contributed by atoms with van der Waals surface area (Å²) in [5, 5.41) is 2.99. The molecule has 0 saturated carbocycles. The van der Waals surface area contributed by atoms with Crippen molar-refractivity contribution in [2.45, 2.75) is 45.6 Å². The molecule has 2 aliphatic rings. The first kappa shape index (κ1) is 17.0. The largest absolute Gasteiger partial charge is 0.361 e. The average molecular weight is 351 g/mol. The number of benzene rings is 1. The standard InChI is InChI=1S/C21H25N3O2/c1-14-19(20-17(22-14)8-5-9-18(20)25)21(26)23-16-7-4-6-15(12-16)13-24-10-2-3-11-24/h4,6-7,12,22H,2-3,5,8-11,13H2,1H3,(H,23,26). The van der Waals surface area contributed by atoms with Crippen LogP contribution >= 0.6 is 0 Å². The zero-order chi connectivity index (χ0) is 18.1. The summed E-state index contributed by atoms with van der Waals surface area (Å²) in [4.78, 5) is 30.9. The van der Waals surface area contributed by atoms with Gasteiger partial charge in [0.15, 0.2) is 5.78 Å². The molecule has 0 bridgehead atoms. The van der Waals surface area contributed by atoms with Crippen LogP contribution in [0.4, 0.5) is 5.69 Å². The van der Waals surface area contributed by atoms with Crippen LogP contribution < -0.4 is 5.32 Å². The molecule has 2 N–H and O–H groups in total. The van der Waals surface area contributed by atoms with Gasteiger partial charge in [0.2, 0.25) is 0 Å². The number of likely N-dealkylation sites (tertiary alicyclic amines) is 1. The van der Waals surface area contributed by atoms with Crippen molar-refractivity contribution in [1.82, 2.24) is 9.88 Å². The first-order valence-electron chi connectivity index (χ1n) is 9.49. The van der Waals surface area contributed by atoms with Gasteiger partial charge in [0.25, 0.3) is 5.91 Å².